The molecule has 0 bridgehead atoms. The average Bonchev–Trinajstić information content (AvgIpc) is 1.58. The number of aryl methyl sites for hydroxylation is 3. The number of hydrogen-bond donors (Lipinski definition) is 0. The molecular weight excluding hydrogens is 1190 g/mol. The molecule has 18 rings (SSSR count). The van der Waals surface area contributed by atoms with Crippen LogP contribution in [0.15, 0.2) is 207 Å². The molecule has 474 valence electrons. The number of benzene rings is 3. The highest BCUT2D eigenvalue weighted by Crippen LogP contribution is 2.48. The highest BCUT2D eigenvalue weighted by atomic mass is 16.4. The van der Waals surface area contributed by atoms with Gasteiger partial charge in [0, 0.05) is 109 Å². The molecule has 9 aromatic heterocycles. The zero-order valence-electron chi connectivity index (χ0n) is 55.8. The molecule has 15 heterocycles. The van der Waals surface area contributed by atoms with Gasteiger partial charge in [0.1, 0.15) is 41.5 Å². The Morgan fingerprint density at radius 3 is 1.12 bits per heavy atom. The summed E-state index contributed by atoms with van der Waals surface area (Å²) in [6.07, 6.45) is 13.7. The Hall–Kier alpha value is -11.3. The van der Waals surface area contributed by atoms with Gasteiger partial charge in [-0.15, -0.1) is 0 Å². The van der Waals surface area contributed by atoms with E-state index >= 15 is 0 Å². The van der Waals surface area contributed by atoms with Crippen LogP contribution in [0.1, 0.15) is 75.9 Å². The Labute approximate surface area is 559 Å². The normalized spacial score (nSPS) is 17.6. The van der Waals surface area contributed by atoms with E-state index in [9.17, 15) is 0 Å². The maximum Gasteiger partial charge on any atom is 0.315 e. The van der Waals surface area contributed by atoms with Crippen molar-refractivity contribution < 1.29 is 13.3 Å². The Morgan fingerprint density at radius 2 is 0.677 bits per heavy atom. The summed E-state index contributed by atoms with van der Waals surface area (Å²) >= 11 is 0. The Bertz CT molecular complexity index is 4600. The third-order valence-corrected chi connectivity index (χ3v) is 19.3. The quantitative estimate of drug-likeness (QED) is 0.145. The van der Waals surface area contributed by atoms with E-state index in [-0.39, 0.29) is 39.0 Å². The van der Waals surface area contributed by atoms with Crippen LogP contribution >= 0.6 is 0 Å². The van der Waals surface area contributed by atoms with E-state index in [0.29, 0.717) is 17.1 Å². The van der Waals surface area contributed by atoms with Crippen molar-refractivity contribution in [1.29, 1.82) is 0 Å². The van der Waals surface area contributed by atoms with Crippen LogP contribution in [0.2, 0.25) is 20.5 Å². The fourth-order valence-electron chi connectivity index (χ4n) is 15.3. The number of nitrogens with zero attached hydrogens (tertiary/aromatic N) is 16. The zero-order chi connectivity index (χ0) is 65.9. The molecule has 0 N–H and O–H groups in total. The number of rotatable bonds is 6. The molecule has 0 aliphatic carbocycles. The van der Waals surface area contributed by atoms with Gasteiger partial charge in [-0.05, 0) is 178 Å². The van der Waals surface area contributed by atoms with Gasteiger partial charge in [-0.3, -0.25) is 15.0 Å². The van der Waals surface area contributed by atoms with Crippen LogP contribution in [-0.2, 0) is 0 Å². The smallest absolute Gasteiger partial charge is 0.315 e. The van der Waals surface area contributed by atoms with Gasteiger partial charge in [-0.1, -0.05) is 75.1 Å². The summed E-state index contributed by atoms with van der Waals surface area (Å²) in [5.41, 5.74) is 17.3. The number of furan rings is 3. The summed E-state index contributed by atoms with van der Waals surface area (Å²) in [6, 6.07) is 52.1. The third kappa shape index (κ3) is 9.53. The SMILES string of the molecule is CB1c2c(oc3nc(C)ccc23)C=C(C)N1N1c2cccnc2N(c2ccccc2)[C@@H]1C.CB1c2c(oc3nc(C)ccc23)C=C(C)N1N1c2ncccc2N(c2ccccc2)[C@@H]1C.CB1c2c(oc3nc(C)ccc23)C=C(C)N1N1c2nccnc2N(c2ccccc2)[C@@H]1C. The lowest BCUT2D eigenvalue weighted by atomic mass is 9.55. The number of pyridine rings is 5. The molecule has 0 saturated carbocycles. The molecule has 0 saturated heterocycles. The molecule has 0 spiro atoms. The summed E-state index contributed by atoms with van der Waals surface area (Å²) in [5.74, 6) is 6.29. The number of hydrogen-bond acceptors (Lipinski definition) is 19. The van der Waals surface area contributed by atoms with Crippen molar-refractivity contribution in [2.24, 2.45) is 0 Å². The second-order valence-electron chi connectivity index (χ2n) is 25.4. The Kier molecular flexibility index (Phi) is 14.5. The van der Waals surface area contributed by atoms with Crippen LogP contribution in [-0.4, -0.2) is 88.7 Å². The lowest BCUT2D eigenvalue weighted by Crippen LogP contribution is -2.59. The number of aromatic nitrogens is 7. The van der Waals surface area contributed by atoms with Gasteiger partial charge in [-0.25, -0.2) is 34.9 Å². The van der Waals surface area contributed by atoms with Crippen LogP contribution < -0.4 is 46.1 Å². The fraction of sp³-hybridized carbons (Fsp3) is 0.203. The molecule has 0 radical (unpaired) electrons. The Morgan fingerprint density at radius 1 is 0.333 bits per heavy atom. The lowest BCUT2D eigenvalue weighted by Gasteiger charge is -2.44. The minimum absolute atomic E-state index is 0.0133. The Balaban J connectivity index is 0.000000113. The second kappa shape index (κ2) is 23.3. The highest BCUT2D eigenvalue weighted by Gasteiger charge is 2.48. The van der Waals surface area contributed by atoms with Crippen molar-refractivity contribution in [3.63, 3.8) is 0 Å². The van der Waals surface area contributed by atoms with Crippen molar-refractivity contribution >= 4 is 140 Å². The van der Waals surface area contributed by atoms with Crippen molar-refractivity contribution in [1.82, 2.24) is 49.6 Å². The van der Waals surface area contributed by atoms with Crippen molar-refractivity contribution in [3.8, 4) is 0 Å². The van der Waals surface area contributed by atoms with Gasteiger partial charge < -0.3 is 42.7 Å². The molecular formula is C74H71B3N16O3. The summed E-state index contributed by atoms with van der Waals surface area (Å²) in [7, 11) is 0. The first kappa shape index (κ1) is 59.7. The van der Waals surface area contributed by atoms with E-state index in [1.165, 1.54) is 10.9 Å². The second-order valence-corrected chi connectivity index (χ2v) is 25.4. The molecule has 3 aromatic carbocycles. The van der Waals surface area contributed by atoms with Gasteiger partial charge >= 0.3 is 20.5 Å². The standard InChI is InChI=1S/2C25H24BN5O.C24H23BN6O/c1-16-12-13-20-23-22(32-25(20)28-16)15-17(2)31(26(23)4)30-18(3)29(19-9-6-5-7-10-19)24-21(30)11-8-14-27-24;1-16-12-13-20-23-22(32-25(20)28-16)15-17(2)31(26(23)4)30-18(3)29(19-9-6-5-7-10-19)21-11-8-14-27-24(21)30;1-15-10-11-19-21-20(32-24(19)28-15)14-16(2)31(25(21)4)30-17(3)29(18-8-6-5-7-9-18)22-23(30)27-13-12-26-22/h2*5-15,18H,1-4H3;5-14,17H,1-4H3/t2*18-;17-/m000/s1. The minimum Gasteiger partial charge on any atom is -0.439 e. The summed E-state index contributed by atoms with van der Waals surface area (Å²) in [4.78, 5) is 46.8. The van der Waals surface area contributed by atoms with Crippen molar-refractivity contribution in [3.05, 3.63) is 228 Å². The van der Waals surface area contributed by atoms with E-state index in [4.69, 9.17) is 33.2 Å². The minimum atomic E-state index is -0.0133. The van der Waals surface area contributed by atoms with Crippen LogP contribution in [0.4, 0.5) is 51.7 Å². The van der Waals surface area contributed by atoms with E-state index in [2.05, 4.69) is 237 Å². The third-order valence-electron chi connectivity index (χ3n) is 19.3. The van der Waals surface area contributed by atoms with Gasteiger partial charge in [0.25, 0.3) is 0 Å². The van der Waals surface area contributed by atoms with Crippen LogP contribution in [0.5, 0.6) is 0 Å². The van der Waals surface area contributed by atoms with Crippen molar-refractivity contribution in [2.75, 3.05) is 29.7 Å². The number of hydrazine groups is 3. The fourth-order valence-corrected chi connectivity index (χ4v) is 15.3. The first-order valence-electron chi connectivity index (χ1n) is 32.9. The summed E-state index contributed by atoms with van der Waals surface area (Å²) in [5, 5.41) is 10.1. The van der Waals surface area contributed by atoms with Crippen LogP contribution in [0.25, 0.3) is 51.5 Å². The number of para-hydroxylation sites is 3. The maximum atomic E-state index is 6.15. The monoisotopic (exact) mass is 1260 g/mol. The predicted molar refractivity (Wildman–Crippen MR) is 389 cm³/mol. The maximum absolute atomic E-state index is 6.15. The molecule has 0 unspecified atom stereocenters. The van der Waals surface area contributed by atoms with Crippen molar-refractivity contribution in [2.45, 2.75) is 101 Å². The first-order chi connectivity index (χ1) is 46.6. The van der Waals surface area contributed by atoms with Gasteiger partial charge in [0.15, 0.2) is 23.3 Å². The molecule has 19 nitrogen and oxygen atoms in total. The molecule has 0 amide bonds. The number of allylic oxidation sites excluding steroid dienone is 3. The van der Waals surface area contributed by atoms with E-state index < -0.39 is 0 Å². The summed E-state index contributed by atoms with van der Waals surface area (Å²) < 4.78 is 18.4. The predicted octanol–water partition coefficient (Wildman–Crippen LogP) is 14.3. The number of fused-ring (bicyclic) bond motifs is 12. The molecule has 0 fully saturated rings. The van der Waals surface area contributed by atoms with E-state index in [0.717, 1.165) is 125 Å². The largest absolute Gasteiger partial charge is 0.439 e. The van der Waals surface area contributed by atoms with Gasteiger partial charge in [-0.2, -0.15) is 0 Å². The molecule has 3 atom stereocenters. The van der Waals surface area contributed by atoms with Gasteiger partial charge in [0.05, 0.1) is 5.69 Å². The average molecular weight is 1260 g/mol. The molecule has 6 aliphatic rings. The molecule has 96 heavy (non-hydrogen) atoms. The number of anilines is 9. The summed E-state index contributed by atoms with van der Waals surface area (Å²) in [6.45, 7) is 25.8. The lowest BCUT2D eigenvalue weighted by molar-refractivity contribution is 0.438. The van der Waals surface area contributed by atoms with E-state index in [1.807, 2.05) is 87.8 Å². The first-order valence-corrected chi connectivity index (χ1v) is 32.9. The molecule has 12 aromatic rings. The molecule has 6 aliphatic heterocycles. The van der Waals surface area contributed by atoms with Crippen LogP contribution in [0, 0.1) is 20.8 Å². The van der Waals surface area contributed by atoms with E-state index in [1.54, 1.807) is 12.4 Å². The zero-order valence-corrected chi connectivity index (χ0v) is 55.8. The van der Waals surface area contributed by atoms with Crippen LogP contribution in [0.3, 0.4) is 0 Å². The van der Waals surface area contributed by atoms with Gasteiger partial charge in [0.2, 0.25) is 17.1 Å². The molecule has 22 heteroatoms. The topological polar surface area (TPSA) is 159 Å². The highest BCUT2D eigenvalue weighted by molar-refractivity contribution is 6.75.